The van der Waals surface area contributed by atoms with Crippen LogP contribution in [-0.4, -0.2) is 123 Å². The van der Waals surface area contributed by atoms with E-state index in [4.69, 9.17) is 9.72 Å². The monoisotopic (exact) mass is 941 g/mol. The Labute approximate surface area is 406 Å². The Kier molecular flexibility index (Phi) is 12.7. The Morgan fingerprint density at radius 2 is 1.78 bits per heavy atom. The van der Waals surface area contributed by atoms with Gasteiger partial charge in [-0.25, -0.2) is 5.43 Å². The largest absolute Gasteiger partial charge is 0.508 e. The van der Waals surface area contributed by atoms with Crippen molar-refractivity contribution in [1.82, 2.24) is 40.4 Å². The van der Waals surface area contributed by atoms with Crippen LogP contribution in [0.4, 0.5) is 0 Å². The topological polar surface area (TPSA) is 171 Å². The van der Waals surface area contributed by atoms with Gasteiger partial charge in [0.1, 0.15) is 23.9 Å². The van der Waals surface area contributed by atoms with Gasteiger partial charge in [-0.05, 0) is 135 Å². The smallest absolute Gasteiger partial charge is 0.324 e. The highest BCUT2D eigenvalue weighted by Gasteiger charge is 2.55. The third-order valence-electron chi connectivity index (χ3n) is 16.0. The second kappa shape index (κ2) is 18.5. The Hall–Kier alpha value is -5.31. The van der Waals surface area contributed by atoms with Crippen molar-refractivity contribution in [1.29, 1.82) is 0 Å². The number of carbonyl (C=O) groups is 4. The first-order valence-corrected chi connectivity index (χ1v) is 25.8. The van der Waals surface area contributed by atoms with Crippen LogP contribution in [0.5, 0.6) is 5.75 Å². The number of aromatic hydroxyl groups is 1. The van der Waals surface area contributed by atoms with E-state index in [-0.39, 0.29) is 42.4 Å². The molecule has 0 unspecified atom stereocenters. The number of likely N-dealkylation sites (tertiary alicyclic amines) is 2. The number of hydrazine groups is 1. The number of benzene rings is 2. The highest BCUT2D eigenvalue weighted by atomic mass is 16.5. The van der Waals surface area contributed by atoms with E-state index >= 15 is 0 Å². The fourth-order valence-electron chi connectivity index (χ4n) is 12.3. The van der Waals surface area contributed by atoms with Gasteiger partial charge >= 0.3 is 5.97 Å². The molecule has 14 nitrogen and oxygen atoms in total. The Morgan fingerprint density at radius 3 is 2.54 bits per heavy atom. The van der Waals surface area contributed by atoms with E-state index in [1.165, 1.54) is 17.9 Å². The number of hydrogen-bond acceptors (Lipinski definition) is 10. The molecule has 4 aromatic rings. The maximum absolute atomic E-state index is 14.9. The summed E-state index contributed by atoms with van der Waals surface area (Å²) in [6.07, 6.45) is 7.65. The van der Waals surface area contributed by atoms with Crippen molar-refractivity contribution >= 4 is 34.6 Å². The molecule has 368 valence electrons. The summed E-state index contributed by atoms with van der Waals surface area (Å²) in [6.45, 7) is 18.8. The number of rotatable bonds is 10. The lowest BCUT2D eigenvalue weighted by Gasteiger charge is -2.37. The fourth-order valence-corrected chi connectivity index (χ4v) is 12.3. The Morgan fingerprint density at radius 1 is 0.986 bits per heavy atom. The van der Waals surface area contributed by atoms with Gasteiger partial charge < -0.3 is 34.8 Å². The van der Waals surface area contributed by atoms with E-state index in [9.17, 15) is 24.3 Å². The van der Waals surface area contributed by atoms with Gasteiger partial charge in [0.05, 0.1) is 23.4 Å². The van der Waals surface area contributed by atoms with Crippen LogP contribution in [0, 0.1) is 22.7 Å². The molecule has 5 aliphatic heterocycles. The molecule has 1 aliphatic carbocycles. The molecule has 6 atom stereocenters. The van der Waals surface area contributed by atoms with Crippen LogP contribution < -0.4 is 16.1 Å². The van der Waals surface area contributed by atoms with Gasteiger partial charge in [-0.1, -0.05) is 53.7 Å². The van der Waals surface area contributed by atoms with Crippen LogP contribution in [0.1, 0.15) is 110 Å². The number of carbonyl (C=O) groups excluding carboxylic acids is 4. The van der Waals surface area contributed by atoms with Gasteiger partial charge in [-0.2, -0.15) is 0 Å². The molecule has 7 heterocycles. The minimum Gasteiger partial charge on any atom is -0.508 e. The number of nitrogens with zero attached hydrogens (tertiary/aromatic N) is 5. The second-order valence-electron chi connectivity index (χ2n) is 22.6. The summed E-state index contributed by atoms with van der Waals surface area (Å²) in [6, 6.07) is 14.4. The molecule has 1 saturated carbocycles. The number of amides is 3. The zero-order chi connectivity index (χ0) is 48.5. The van der Waals surface area contributed by atoms with Crippen LogP contribution in [0.2, 0.25) is 0 Å². The molecule has 5 fully saturated rings. The molecular weight excluding hydrogens is 869 g/mol. The highest BCUT2D eigenvalue weighted by molar-refractivity contribution is 5.96. The number of phenolic OH excluding ortho intramolecular Hbond substituents is 1. The van der Waals surface area contributed by atoms with Crippen molar-refractivity contribution < 1.29 is 29.0 Å². The van der Waals surface area contributed by atoms with Gasteiger partial charge in [-0.3, -0.25) is 29.2 Å². The van der Waals surface area contributed by atoms with Crippen molar-refractivity contribution in [2.24, 2.45) is 22.7 Å². The minimum absolute atomic E-state index is 0.0274. The van der Waals surface area contributed by atoms with Gasteiger partial charge in [0, 0.05) is 79.3 Å². The molecule has 2 aromatic carbocycles. The van der Waals surface area contributed by atoms with Crippen molar-refractivity contribution in [3.05, 3.63) is 71.5 Å². The number of phenols is 1. The van der Waals surface area contributed by atoms with Crippen molar-refractivity contribution in [3.63, 3.8) is 0 Å². The molecule has 0 radical (unpaired) electrons. The number of nitrogens with one attached hydrogen (secondary N) is 3. The van der Waals surface area contributed by atoms with Crippen LogP contribution in [-0.2, 0) is 43.3 Å². The summed E-state index contributed by atoms with van der Waals surface area (Å²) in [5.74, 6) is -0.396. The quantitative estimate of drug-likeness (QED) is 0.101. The number of aryl methyl sites for hydroxylation is 1. The predicted molar refractivity (Wildman–Crippen MR) is 266 cm³/mol. The summed E-state index contributed by atoms with van der Waals surface area (Å²) < 4.78 is 8.52. The molecule has 6 bridgehead atoms. The standard InChI is InChI=1S/C55H72N8O6/c1-8-61-45-16-15-36-27-40(45)41(49(61)39-11-9-19-56-46(39)32(2)3)28-54(6,7)31-69-52(67)42-12-10-20-63(59-42)51(66)43(25-34-23-37(36)26-38(64)24-34)58-50(65)48(33(4)5)62-22-18-55(53(62)68)17-21-60(30-55)29-44-47(57-44)35-13-14-35/h9,11,15-16,19,23-24,26-27,32-33,35,42-44,47-48,57,59,64H,8,10,12-14,17-18,20-22,25,28-31H2,1-7H3,(H,58,65)/t42-,43-,44-,47+,48-,55-/m0/s1. The fraction of sp³-hybridized carbons (Fsp3) is 0.582. The van der Waals surface area contributed by atoms with Crippen LogP contribution in [0.15, 0.2) is 54.7 Å². The first kappa shape index (κ1) is 47.4. The lowest BCUT2D eigenvalue weighted by molar-refractivity contribution is -0.155. The Bertz CT molecular complexity index is 2650. The van der Waals surface area contributed by atoms with Crippen molar-refractivity contribution in [2.75, 3.05) is 39.3 Å². The van der Waals surface area contributed by atoms with E-state index in [2.05, 4.69) is 84.4 Å². The van der Waals surface area contributed by atoms with Crippen LogP contribution in [0.25, 0.3) is 33.3 Å². The zero-order valence-electron chi connectivity index (χ0n) is 41.6. The molecule has 6 aliphatic rings. The van der Waals surface area contributed by atoms with Gasteiger partial charge in [0.15, 0.2) is 0 Å². The molecule has 4 saturated heterocycles. The first-order valence-electron chi connectivity index (χ1n) is 25.8. The average molecular weight is 941 g/mol. The average Bonchev–Trinajstić information content (AvgIpc) is 4.23. The summed E-state index contributed by atoms with van der Waals surface area (Å²) in [5, 5.41) is 20.7. The van der Waals surface area contributed by atoms with Crippen molar-refractivity contribution in [3.8, 4) is 28.1 Å². The number of esters is 1. The Balaban J connectivity index is 0.989. The van der Waals surface area contributed by atoms with Gasteiger partial charge in [0.2, 0.25) is 11.8 Å². The van der Waals surface area contributed by atoms with Crippen LogP contribution >= 0.6 is 0 Å². The molecule has 14 heteroatoms. The van der Waals surface area contributed by atoms with E-state index < -0.39 is 40.8 Å². The first-order chi connectivity index (χ1) is 33.0. The van der Waals surface area contributed by atoms with Crippen LogP contribution in [0.3, 0.4) is 0 Å². The normalized spacial score (nSPS) is 26.8. The van der Waals surface area contributed by atoms with E-state index in [0.29, 0.717) is 63.0 Å². The third kappa shape index (κ3) is 9.29. The number of pyridine rings is 1. The van der Waals surface area contributed by atoms with Crippen molar-refractivity contribution in [2.45, 2.75) is 143 Å². The lowest BCUT2D eigenvalue weighted by Crippen LogP contribution is -2.62. The summed E-state index contributed by atoms with van der Waals surface area (Å²) >= 11 is 0. The van der Waals surface area contributed by atoms with E-state index in [0.717, 1.165) is 76.5 Å². The van der Waals surface area contributed by atoms with E-state index in [1.54, 1.807) is 17.0 Å². The number of ether oxygens (including phenoxy) is 1. The number of hydrogen-bond donors (Lipinski definition) is 4. The minimum atomic E-state index is -1.09. The SMILES string of the molecule is CCn1c(-c2cccnc2C(C)C)c2c3cc(ccc31)-c1cc(O)cc(c1)C[C@H](NC(=O)[C@H](C(C)C)N1CC[C@]3(CCN(C[C@@H]4N[C@@H]4C4CC4)C3)C1=O)C(=O)N1CCC[C@H](N1)C(=O)OCC(C)(C)C2. The number of fused-ring (bicyclic) bond motifs is 6. The summed E-state index contributed by atoms with van der Waals surface area (Å²) in [5.41, 5.74) is 9.87. The molecule has 10 rings (SSSR count). The van der Waals surface area contributed by atoms with Gasteiger partial charge in [0.25, 0.3) is 5.91 Å². The molecule has 3 amide bonds. The molecular formula is C55H72N8O6. The number of cyclic esters (lactones) is 1. The summed E-state index contributed by atoms with van der Waals surface area (Å²) in [4.78, 5) is 67.4. The second-order valence-corrected chi connectivity index (χ2v) is 22.6. The molecule has 69 heavy (non-hydrogen) atoms. The maximum Gasteiger partial charge on any atom is 0.324 e. The maximum atomic E-state index is 14.9. The lowest BCUT2D eigenvalue weighted by atomic mass is 9.83. The predicted octanol–water partition coefficient (Wildman–Crippen LogP) is 6.57. The van der Waals surface area contributed by atoms with E-state index in [1.807, 2.05) is 32.2 Å². The highest BCUT2D eigenvalue weighted by Crippen LogP contribution is 2.45. The molecule has 1 spiro atoms. The van der Waals surface area contributed by atoms with Gasteiger partial charge in [-0.15, -0.1) is 0 Å². The number of aromatic nitrogens is 2. The zero-order valence-corrected chi connectivity index (χ0v) is 41.6. The third-order valence-corrected chi connectivity index (χ3v) is 16.0. The summed E-state index contributed by atoms with van der Waals surface area (Å²) in [7, 11) is 0. The molecule has 4 N–H and O–H groups in total. The molecule has 2 aromatic heterocycles.